The lowest BCUT2D eigenvalue weighted by molar-refractivity contribution is -0.137. The Morgan fingerprint density at radius 2 is 1.96 bits per heavy atom. The van der Waals surface area contributed by atoms with E-state index >= 15 is 0 Å². The molecule has 6 nitrogen and oxygen atoms in total. The van der Waals surface area contributed by atoms with E-state index in [-0.39, 0.29) is 24.2 Å². The van der Waals surface area contributed by atoms with Crippen molar-refractivity contribution in [1.29, 1.82) is 5.41 Å². The van der Waals surface area contributed by atoms with Crippen molar-refractivity contribution in [2.75, 3.05) is 12.0 Å². The molecule has 0 bridgehead atoms. The number of aliphatic carboxylic acids is 1. The minimum atomic E-state index is -0.889. The maximum atomic E-state index is 12.0. The Kier molecular flexibility index (Phi) is 9.69. The van der Waals surface area contributed by atoms with Crippen LogP contribution in [0.1, 0.15) is 43.2 Å². The summed E-state index contributed by atoms with van der Waals surface area (Å²) >= 11 is 1.64. The van der Waals surface area contributed by atoms with Gasteiger partial charge in [0.2, 0.25) is 5.91 Å². The average molecular weight is 365 g/mol. The summed E-state index contributed by atoms with van der Waals surface area (Å²) in [6.07, 6.45) is 5.49. The molecule has 7 heteroatoms. The highest BCUT2D eigenvalue weighted by atomic mass is 32.2. The number of hydrogen-bond donors (Lipinski definition) is 4. The van der Waals surface area contributed by atoms with Crippen LogP contribution in [0.25, 0.3) is 0 Å². The number of amides is 1. The maximum Gasteiger partial charge on any atom is 0.305 e. The normalized spacial score (nSPS) is 11.7. The number of benzene rings is 1. The van der Waals surface area contributed by atoms with Crippen LogP contribution in [0.15, 0.2) is 24.3 Å². The summed E-state index contributed by atoms with van der Waals surface area (Å²) in [5.74, 6) is -0.0885. The molecule has 5 N–H and O–H groups in total. The molecule has 1 aromatic rings. The van der Waals surface area contributed by atoms with Crippen LogP contribution in [0.4, 0.5) is 0 Å². The predicted molar refractivity (Wildman–Crippen MR) is 102 cm³/mol. The van der Waals surface area contributed by atoms with Gasteiger partial charge in [-0.05, 0) is 43.3 Å². The summed E-state index contributed by atoms with van der Waals surface area (Å²) in [6.45, 7) is 0. The fraction of sp³-hybridized carbons (Fsp3) is 0.500. The minimum absolute atomic E-state index is 0.0329. The van der Waals surface area contributed by atoms with Crippen molar-refractivity contribution in [1.82, 2.24) is 5.32 Å². The smallest absolute Gasteiger partial charge is 0.305 e. The number of hydrogen-bond acceptors (Lipinski definition) is 4. The van der Waals surface area contributed by atoms with Gasteiger partial charge in [0.25, 0.3) is 0 Å². The zero-order valence-electron chi connectivity index (χ0n) is 14.6. The van der Waals surface area contributed by atoms with E-state index in [0.29, 0.717) is 18.4 Å². The third-order valence-electron chi connectivity index (χ3n) is 3.84. The number of aryl methyl sites for hydroxylation is 1. The van der Waals surface area contributed by atoms with Crippen molar-refractivity contribution in [2.45, 2.75) is 44.6 Å². The Hall–Kier alpha value is -2.02. The van der Waals surface area contributed by atoms with Crippen molar-refractivity contribution in [3.8, 4) is 0 Å². The molecule has 0 aromatic heterocycles. The summed E-state index contributed by atoms with van der Waals surface area (Å²) in [5, 5.41) is 19.1. The maximum absolute atomic E-state index is 12.0. The average Bonchev–Trinajstić information content (AvgIpc) is 2.56. The first-order valence-corrected chi connectivity index (χ1v) is 9.75. The van der Waals surface area contributed by atoms with E-state index in [1.54, 1.807) is 11.8 Å². The van der Waals surface area contributed by atoms with E-state index in [1.807, 2.05) is 30.5 Å². The van der Waals surface area contributed by atoms with E-state index in [9.17, 15) is 9.59 Å². The van der Waals surface area contributed by atoms with Gasteiger partial charge in [0, 0.05) is 18.0 Å². The number of carboxylic acid groups (broad SMARTS) is 1. The van der Waals surface area contributed by atoms with Gasteiger partial charge in [0.1, 0.15) is 5.84 Å². The minimum Gasteiger partial charge on any atom is -0.481 e. The lowest BCUT2D eigenvalue weighted by Crippen LogP contribution is -2.36. The number of carbonyl (C=O) groups is 2. The Balaban J connectivity index is 2.30. The molecule has 0 radical (unpaired) electrons. The lowest BCUT2D eigenvalue weighted by Gasteiger charge is -2.16. The fourth-order valence-corrected chi connectivity index (χ4v) is 2.98. The van der Waals surface area contributed by atoms with Crippen LogP contribution < -0.4 is 11.1 Å². The molecule has 138 valence electrons. The molecule has 0 saturated carbocycles. The Morgan fingerprint density at radius 1 is 1.28 bits per heavy atom. The molecule has 1 atom stereocenters. The molecule has 1 unspecified atom stereocenters. The second kappa shape index (κ2) is 11.5. The number of carbonyl (C=O) groups excluding carboxylic acids is 1. The molecule has 0 saturated heterocycles. The highest BCUT2D eigenvalue weighted by Gasteiger charge is 2.15. The first-order valence-electron chi connectivity index (χ1n) is 8.35. The van der Waals surface area contributed by atoms with E-state index in [0.717, 1.165) is 30.6 Å². The second-order valence-electron chi connectivity index (χ2n) is 5.96. The molecule has 1 amide bonds. The zero-order chi connectivity index (χ0) is 18.7. The quantitative estimate of drug-likeness (QED) is 0.258. The van der Waals surface area contributed by atoms with Gasteiger partial charge >= 0.3 is 5.97 Å². The molecule has 0 fully saturated rings. The van der Waals surface area contributed by atoms with Crippen molar-refractivity contribution >= 4 is 29.5 Å². The van der Waals surface area contributed by atoms with Crippen LogP contribution in [0.5, 0.6) is 0 Å². The molecule has 0 aliphatic rings. The van der Waals surface area contributed by atoms with Gasteiger partial charge in [-0.3, -0.25) is 15.0 Å². The highest BCUT2D eigenvalue weighted by Crippen LogP contribution is 2.10. The third-order valence-corrected chi connectivity index (χ3v) is 4.48. The largest absolute Gasteiger partial charge is 0.481 e. The van der Waals surface area contributed by atoms with Gasteiger partial charge < -0.3 is 16.2 Å². The Bertz CT molecular complexity index is 575. The number of nitrogen functional groups attached to an aromatic ring is 1. The standard InChI is InChI=1S/C18H27N3O3S/c1-25-11-10-15(12-17(23)24)21-16(22)5-3-2-4-13-6-8-14(9-7-13)18(19)20/h6-9,15H,2-5,10-12H2,1H3,(H3,19,20)(H,21,22)(H,23,24). The van der Waals surface area contributed by atoms with Crippen molar-refractivity contribution in [3.05, 3.63) is 35.4 Å². The zero-order valence-corrected chi connectivity index (χ0v) is 15.4. The van der Waals surface area contributed by atoms with Gasteiger partial charge in [-0.1, -0.05) is 24.3 Å². The summed E-state index contributed by atoms with van der Waals surface area (Å²) in [5.41, 5.74) is 7.27. The summed E-state index contributed by atoms with van der Waals surface area (Å²) in [4.78, 5) is 22.8. The van der Waals surface area contributed by atoms with Crippen LogP contribution in [0.2, 0.25) is 0 Å². The van der Waals surface area contributed by atoms with E-state index < -0.39 is 5.97 Å². The molecule has 0 spiro atoms. The number of thioether (sulfide) groups is 1. The van der Waals surface area contributed by atoms with E-state index in [4.69, 9.17) is 16.2 Å². The molecule has 1 rings (SSSR count). The van der Waals surface area contributed by atoms with Gasteiger partial charge in [0.15, 0.2) is 0 Å². The van der Waals surface area contributed by atoms with Gasteiger partial charge in [-0.15, -0.1) is 0 Å². The number of unbranched alkanes of at least 4 members (excludes halogenated alkanes) is 1. The molecular weight excluding hydrogens is 338 g/mol. The number of rotatable bonds is 12. The molecule has 1 aromatic carbocycles. The van der Waals surface area contributed by atoms with Crippen LogP contribution >= 0.6 is 11.8 Å². The number of nitrogens with two attached hydrogens (primary N) is 1. The summed E-state index contributed by atoms with van der Waals surface area (Å²) in [7, 11) is 0. The summed E-state index contributed by atoms with van der Waals surface area (Å²) < 4.78 is 0. The van der Waals surface area contributed by atoms with E-state index in [1.165, 1.54) is 0 Å². The molecule has 25 heavy (non-hydrogen) atoms. The van der Waals surface area contributed by atoms with Gasteiger partial charge in [0.05, 0.1) is 6.42 Å². The highest BCUT2D eigenvalue weighted by molar-refractivity contribution is 7.98. The molecule has 0 aliphatic heterocycles. The molecular formula is C18H27N3O3S. The topological polar surface area (TPSA) is 116 Å². The van der Waals surface area contributed by atoms with Crippen LogP contribution in [0, 0.1) is 5.41 Å². The van der Waals surface area contributed by atoms with Gasteiger partial charge in [-0.25, -0.2) is 0 Å². The van der Waals surface area contributed by atoms with E-state index in [2.05, 4.69) is 5.32 Å². The molecule has 0 heterocycles. The monoisotopic (exact) mass is 365 g/mol. The first-order chi connectivity index (χ1) is 11.9. The van der Waals surface area contributed by atoms with Crippen molar-refractivity contribution in [2.24, 2.45) is 5.73 Å². The lowest BCUT2D eigenvalue weighted by atomic mass is 10.0. The van der Waals surface area contributed by atoms with Crippen molar-refractivity contribution in [3.63, 3.8) is 0 Å². The van der Waals surface area contributed by atoms with Crippen LogP contribution in [0.3, 0.4) is 0 Å². The number of carboxylic acids is 1. The SMILES string of the molecule is CSCCC(CC(=O)O)NC(=O)CCCCc1ccc(C(=N)N)cc1. The van der Waals surface area contributed by atoms with Crippen LogP contribution in [-0.4, -0.2) is 40.9 Å². The molecule has 0 aliphatic carbocycles. The number of amidine groups is 1. The summed E-state index contributed by atoms with van der Waals surface area (Å²) in [6, 6.07) is 7.25. The number of nitrogens with one attached hydrogen (secondary N) is 2. The first kappa shape index (κ1) is 21.0. The van der Waals surface area contributed by atoms with Crippen molar-refractivity contribution < 1.29 is 14.7 Å². The predicted octanol–water partition coefficient (Wildman–Crippen LogP) is 2.40. The van der Waals surface area contributed by atoms with Gasteiger partial charge in [-0.2, -0.15) is 11.8 Å². The fourth-order valence-electron chi connectivity index (χ4n) is 2.46. The van der Waals surface area contributed by atoms with Crippen LogP contribution in [-0.2, 0) is 16.0 Å². The third kappa shape index (κ3) is 9.14. The second-order valence-corrected chi connectivity index (χ2v) is 6.95. The Morgan fingerprint density at radius 3 is 2.52 bits per heavy atom. The Labute approximate surface area is 153 Å².